The molecule has 154 valence electrons. The molecule has 2 aromatic carbocycles. The second-order valence-electron chi connectivity index (χ2n) is 6.81. The summed E-state index contributed by atoms with van der Waals surface area (Å²) < 4.78 is 30.5. The van der Waals surface area contributed by atoms with Crippen molar-refractivity contribution < 1.29 is 22.7 Å². The summed E-state index contributed by atoms with van der Waals surface area (Å²) in [6.45, 7) is 2.87. The SMILES string of the molecule is CCCCOC(=O)c1ccc(NC(=O)c2ccc(N3CCCS3(=O)=O)cc2)cc1. The number of sulfonamides is 1. The Morgan fingerprint density at radius 2 is 1.69 bits per heavy atom. The number of unbranched alkanes of at least 4 members (excludes halogenated alkanes) is 1. The van der Waals surface area contributed by atoms with Crippen LogP contribution >= 0.6 is 0 Å². The average molecular weight is 416 g/mol. The van der Waals surface area contributed by atoms with Gasteiger partial charge in [0.05, 0.1) is 23.6 Å². The highest BCUT2D eigenvalue weighted by Gasteiger charge is 2.28. The van der Waals surface area contributed by atoms with Crippen molar-refractivity contribution in [3.63, 3.8) is 0 Å². The number of nitrogens with zero attached hydrogens (tertiary/aromatic N) is 1. The van der Waals surface area contributed by atoms with Crippen LogP contribution in [0.2, 0.25) is 0 Å². The number of ether oxygens (including phenoxy) is 1. The number of anilines is 2. The highest BCUT2D eigenvalue weighted by Crippen LogP contribution is 2.24. The second-order valence-corrected chi connectivity index (χ2v) is 8.82. The van der Waals surface area contributed by atoms with Gasteiger partial charge in [-0.25, -0.2) is 13.2 Å². The lowest BCUT2D eigenvalue weighted by Crippen LogP contribution is -2.25. The van der Waals surface area contributed by atoms with E-state index in [1.165, 1.54) is 4.31 Å². The van der Waals surface area contributed by atoms with Crippen LogP contribution in [0, 0.1) is 0 Å². The van der Waals surface area contributed by atoms with E-state index in [2.05, 4.69) is 5.32 Å². The maximum atomic E-state index is 12.4. The quantitative estimate of drug-likeness (QED) is 0.551. The molecule has 29 heavy (non-hydrogen) atoms. The van der Waals surface area contributed by atoms with Crippen LogP contribution < -0.4 is 9.62 Å². The minimum Gasteiger partial charge on any atom is -0.462 e. The minimum absolute atomic E-state index is 0.150. The van der Waals surface area contributed by atoms with E-state index in [1.807, 2.05) is 6.92 Å². The summed E-state index contributed by atoms with van der Waals surface area (Å²) >= 11 is 0. The summed E-state index contributed by atoms with van der Waals surface area (Å²) in [4.78, 5) is 24.3. The molecule has 1 saturated heterocycles. The van der Waals surface area contributed by atoms with Crippen LogP contribution in [0.4, 0.5) is 11.4 Å². The number of carbonyl (C=O) groups excluding carboxylic acids is 2. The van der Waals surface area contributed by atoms with Crippen LogP contribution in [0.15, 0.2) is 48.5 Å². The summed E-state index contributed by atoms with van der Waals surface area (Å²) in [5.74, 6) is -0.555. The molecule has 1 aliphatic heterocycles. The molecule has 0 bridgehead atoms. The van der Waals surface area contributed by atoms with E-state index in [-0.39, 0.29) is 17.6 Å². The number of rotatable bonds is 7. The van der Waals surface area contributed by atoms with Crippen LogP contribution in [0.5, 0.6) is 0 Å². The van der Waals surface area contributed by atoms with Gasteiger partial charge in [0.2, 0.25) is 10.0 Å². The molecular formula is C21H24N2O5S. The second kappa shape index (κ2) is 9.09. The molecule has 0 spiro atoms. The fourth-order valence-corrected chi connectivity index (χ4v) is 4.56. The van der Waals surface area contributed by atoms with Crippen molar-refractivity contribution in [3.05, 3.63) is 59.7 Å². The summed E-state index contributed by atoms with van der Waals surface area (Å²) in [6.07, 6.45) is 2.38. The Morgan fingerprint density at radius 3 is 2.28 bits per heavy atom. The molecule has 1 heterocycles. The van der Waals surface area contributed by atoms with Gasteiger partial charge in [-0.15, -0.1) is 0 Å². The van der Waals surface area contributed by atoms with Crippen molar-refractivity contribution in [2.24, 2.45) is 0 Å². The van der Waals surface area contributed by atoms with Gasteiger partial charge in [0.25, 0.3) is 5.91 Å². The number of esters is 1. The number of hydrogen-bond donors (Lipinski definition) is 1. The Bertz CT molecular complexity index is 969. The van der Waals surface area contributed by atoms with E-state index in [9.17, 15) is 18.0 Å². The van der Waals surface area contributed by atoms with Gasteiger partial charge in [0.1, 0.15) is 0 Å². The van der Waals surface area contributed by atoms with Crippen molar-refractivity contribution in [1.29, 1.82) is 0 Å². The van der Waals surface area contributed by atoms with Crippen molar-refractivity contribution >= 4 is 33.3 Å². The number of nitrogens with one attached hydrogen (secondary N) is 1. The predicted molar refractivity (Wildman–Crippen MR) is 112 cm³/mol. The van der Waals surface area contributed by atoms with Crippen molar-refractivity contribution in [2.75, 3.05) is 28.5 Å². The lowest BCUT2D eigenvalue weighted by Gasteiger charge is -2.17. The van der Waals surface area contributed by atoms with Gasteiger partial charge in [-0.1, -0.05) is 13.3 Å². The predicted octanol–water partition coefficient (Wildman–Crippen LogP) is 3.44. The highest BCUT2D eigenvalue weighted by molar-refractivity contribution is 7.93. The summed E-state index contributed by atoms with van der Waals surface area (Å²) in [7, 11) is -3.25. The lowest BCUT2D eigenvalue weighted by atomic mass is 10.1. The van der Waals surface area contributed by atoms with Gasteiger partial charge < -0.3 is 10.1 Å². The molecule has 2 aromatic rings. The molecule has 0 aliphatic carbocycles. The largest absolute Gasteiger partial charge is 0.462 e. The molecule has 0 aromatic heterocycles. The van der Waals surface area contributed by atoms with Gasteiger partial charge >= 0.3 is 5.97 Å². The molecule has 0 saturated carbocycles. The number of carbonyl (C=O) groups is 2. The van der Waals surface area contributed by atoms with Crippen LogP contribution in [0.25, 0.3) is 0 Å². The molecule has 0 atom stereocenters. The first-order chi connectivity index (χ1) is 13.9. The first-order valence-electron chi connectivity index (χ1n) is 9.60. The lowest BCUT2D eigenvalue weighted by molar-refractivity contribution is 0.0499. The number of amides is 1. The Balaban J connectivity index is 1.61. The van der Waals surface area contributed by atoms with Crippen molar-refractivity contribution in [2.45, 2.75) is 26.2 Å². The topological polar surface area (TPSA) is 92.8 Å². The molecule has 1 N–H and O–H groups in total. The number of hydrogen-bond acceptors (Lipinski definition) is 5. The smallest absolute Gasteiger partial charge is 0.338 e. The first kappa shape index (κ1) is 20.9. The standard InChI is InChI=1S/C21H24N2O5S/c1-2-3-14-28-21(25)17-5-9-18(10-6-17)22-20(24)16-7-11-19(12-8-16)23-13-4-15-29(23,26)27/h5-12H,2-4,13-15H2,1H3,(H,22,24). The molecule has 0 radical (unpaired) electrons. The maximum absolute atomic E-state index is 12.4. The maximum Gasteiger partial charge on any atom is 0.338 e. The monoisotopic (exact) mass is 416 g/mol. The zero-order valence-electron chi connectivity index (χ0n) is 16.3. The van der Waals surface area contributed by atoms with E-state index in [1.54, 1.807) is 48.5 Å². The highest BCUT2D eigenvalue weighted by atomic mass is 32.2. The van der Waals surface area contributed by atoms with Gasteiger partial charge in [0.15, 0.2) is 0 Å². The van der Waals surface area contributed by atoms with Gasteiger partial charge in [-0.3, -0.25) is 9.10 Å². The van der Waals surface area contributed by atoms with Crippen LogP contribution in [0.3, 0.4) is 0 Å². The fourth-order valence-electron chi connectivity index (χ4n) is 2.99. The van der Waals surface area contributed by atoms with Gasteiger partial charge in [-0.05, 0) is 61.4 Å². The third-order valence-electron chi connectivity index (χ3n) is 4.63. The normalized spacial score (nSPS) is 15.1. The Morgan fingerprint density at radius 1 is 1.03 bits per heavy atom. The Kier molecular flexibility index (Phi) is 6.53. The molecule has 3 rings (SSSR count). The summed E-state index contributed by atoms with van der Waals surface area (Å²) in [5, 5.41) is 2.76. The number of benzene rings is 2. The van der Waals surface area contributed by atoms with E-state index in [4.69, 9.17) is 4.74 Å². The van der Waals surface area contributed by atoms with E-state index in [0.717, 1.165) is 12.8 Å². The average Bonchev–Trinajstić information content (AvgIpc) is 3.07. The van der Waals surface area contributed by atoms with Crippen LogP contribution in [0.1, 0.15) is 46.9 Å². The molecule has 0 unspecified atom stereocenters. The van der Waals surface area contributed by atoms with E-state index >= 15 is 0 Å². The van der Waals surface area contributed by atoms with E-state index in [0.29, 0.717) is 42.1 Å². The Labute approximate surface area is 170 Å². The molecule has 1 amide bonds. The zero-order chi connectivity index (χ0) is 20.9. The molecule has 7 nitrogen and oxygen atoms in total. The van der Waals surface area contributed by atoms with Gasteiger partial charge in [-0.2, -0.15) is 0 Å². The zero-order valence-corrected chi connectivity index (χ0v) is 17.1. The first-order valence-corrected chi connectivity index (χ1v) is 11.2. The van der Waals surface area contributed by atoms with Gasteiger partial charge in [0, 0.05) is 17.8 Å². The molecule has 1 fully saturated rings. The third kappa shape index (κ3) is 5.14. The minimum atomic E-state index is -3.25. The molecule has 1 aliphatic rings. The fraction of sp³-hybridized carbons (Fsp3) is 0.333. The Hall–Kier alpha value is -2.87. The summed E-state index contributed by atoms with van der Waals surface area (Å²) in [5.41, 5.74) is 1.94. The van der Waals surface area contributed by atoms with Crippen LogP contribution in [-0.2, 0) is 14.8 Å². The molecular weight excluding hydrogens is 392 g/mol. The summed E-state index contributed by atoms with van der Waals surface area (Å²) in [6, 6.07) is 12.9. The van der Waals surface area contributed by atoms with Crippen molar-refractivity contribution in [1.82, 2.24) is 0 Å². The van der Waals surface area contributed by atoms with Crippen LogP contribution in [-0.4, -0.2) is 39.2 Å². The third-order valence-corrected chi connectivity index (χ3v) is 6.50. The van der Waals surface area contributed by atoms with Crippen molar-refractivity contribution in [3.8, 4) is 0 Å². The van der Waals surface area contributed by atoms with E-state index < -0.39 is 10.0 Å². The molecule has 8 heteroatoms.